The summed E-state index contributed by atoms with van der Waals surface area (Å²) >= 11 is 1.34. The Balaban J connectivity index is 1.72. The van der Waals surface area contributed by atoms with E-state index in [0.717, 1.165) is 40.1 Å². The average Bonchev–Trinajstić information content (AvgIpc) is 2.63. The molecule has 0 saturated carbocycles. The minimum absolute atomic E-state index is 0.0644. The maximum atomic E-state index is 12.3. The fourth-order valence-corrected chi connectivity index (χ4v) is 3.26. The van der Waals surface area contributed by atoms with Gasteiger partial charge in [-0.05, 0) is 50.1 Å². The highest BCUT2D eigenvalue weighted by atomic mass is 32.2. The number of thioether (sulfide) groups is 1. The molecule has 1 aromatic heterocycles. The second-order valence-corrected chi connectivity index (χ2v) is 7.00. The van der Waals surface area contributed by atoms with Crippen molar-refractivity contribution in [2.24, 2.45) is 0 Å². The Morgan fingerprint density at radius 2 is 1.92 bits per heavy atom. The molecule has 3 rings (SSSR count). The zero-order valence-corrected chi connectivity index (χ0v) is 16.0. The Morgan fingerprint density at radius 1 is 1.12 bits per heavy atom. The molecule has 0 unspecified atom stereocenters. The van der Waals surface area contributed by atoms with Gasteiger partial charge in [-0.15, -0.1) is 0 Å². The summed E-state index contributed by atoms with van der Waals surface area (Å²) in [7, 11) is 0. The van der Waals surface area contributed by atoms with Crippen LogP contribution in [-0.4, -0.2) is 28.2 Å². The molecule has 0 radical (unpaired) electrons. The summed E-state index contributed by atoms with van der Waals surface area (Å²) in [4.78, 5) is 21.4. The van der Waals surface area contributed by atoms with Gasteiger partial charge in [0.15, 0.2) is 5.16 Å². The Kier molecular flexibility index (Phi) is 5.73. The molecule has 0 fully saturated rings. The molecular formula is C20H22N4OS. The van der Waals surface area contributed by atoms with Crippen molar-refractivity contribution >= 4 is 40.1 Å². The van der Waals surface area contributed by atoms with Gasteiger partial charge in [0.2, 0.25) is 5.91 Å². The Labute approximate surface area is 157 Å². The molecule has 26 heavy (non-hydrogen) atoms. The van der Waals surface area contributed by atoms with Crippen molar-refractivity contribution in [1.29, 1.82) is 0 Å². The molecule has 1 amide bonds. The second-order valence-electron chi connectivity index (χ2n) is 6.06. The van der Waals surface area contributed by atoms with Crippen molar-refractivity contribution in [2.75, 3.05) is 22.9 Å². The van der Waals surface area contributed by atoms with Crippen LogP contribution in [0, 0.1) is 13.8 Å². The van der Waals surface area contributed by atoms with Crippen molar-refractivity contribution in [3.05, 3.63) is 53.6 Å². The van der Waals surface area contributed by atoms with Gasteiger partial charge in [0, 0.05) is 17.6 Å². The number of hydrogen-bond acceptors (Lipinski definition) is 5. The van der Waals surface area contributed by atoms with Crippen LogP contribution < -0.4 is 10.6 Å². The van der Waals surface area contributed by atoms with Crippen molar-refractivity contribution in [3.8, 4) is 0 Å². The fraction of sp³-hybridized carbons (Fsp3) is 0.250. The largest absolute Gasteiger partial charge is 0.370 e. The quantitative estimate of drug-likeness (QED) is 0.500. The average molecular weight is 366 g/mol. The van der Waals surface area contributed by atoms with E-state index in [4.69, 9.17) is 0 Å². The van der Waals surface area contributed by atoms with Crippen LogP contribution in [0.3, 0.4) is 0 Å². The zero-order valence-electron chi connectivity index (χ0n) is 15.2. The minimum atomic E-state index is -0.0644. The number of carbonyl (C=O) groups excluding carboxylic acids is 1. The van der Waals surface area contributed by atoms with Gasteiger partial charge in [0.1, 0.15) is 5.82 Å². The number of nitrogens with zero attached hydrogens (tertiary/aromatic N) is 2. The summed E-state index contributed by atoms with van der Waals surface area (Å²) in [5, 5.41) is 7.81. The summed E-state index contributed by atoms with van der Waals surface area (Å²) in [6.45, 7) is 6.80. The summed E-state index contributed by atoms with van der Waals surface area (Å²) in [6.07, 6.45) is 0. The summed E-state index contributed by atoms with van der Waals surface area (Å²) in [5.74, 6) is 0.998. The molecular weight excluding hydrogens is 344 g/mol. The maximum Gasteiger partial charge on any atom is 0.234 e. The second kappa shape index (κ2) is 8.19. The number of aromatic nitrogens is 2. The van der Waals surface area contributed by atoms with E-state index in [-0.39, 0.29) is 11.7 Å². The third kappa shape index (κ3) is 4.32. The third-order valence-corrected chi connectivity index (χ3v) is 4.77. The summed E-state index contributed by atoms with van der Waals surface area (Å²) < 4.78 is 0. The lowest BCUT2D eigenvalue weighted by atomic mass is 10.1. The number of amides is 1. The minimum Gasteiger partial charge on any atom is -0.370 e. The molecule has 0 saturated heterocycles. The molecule has 0 aliphatic carbocycles. The van der Waals surface area contributed by atoms with Crippen LogP contribution in [0.4, 0.5) is 11.5 Å². The van der Waals surface area contributed by atoms with E-state index in [2.05, 4.69) is 20.6 Å². The van der Waals surface area contributed by atoms with Crippen molar-refractivity contribution in [3.63, 3.8) is 0 Å². The Hall–Kier alpha value is -2.60. The Bertz CT molecular complexity index is 942. The highest BCUT2D eigenvalue weighted by Gasteiger charge is 2.10. The number of anilines is 2. The smallest absolute Gasteiger partial charge is 0.234 e. The molecule has 2 aromatic carbocycles. The number of aryl methyl sites for hydroxylation is 2. The molecule has 1 heterocycles. The molecule has 6 heteroatoms. The number of para-hydroxylation sites is 1. The van der Waals surface area contributed by atoms with E-state index < -0.39 is 0 Å². The van der Waals surface area contributed by atoms with Gasteiger partial charge in [-0.3, -0.25) is 4.79 Å². The molecule has 0 atom stereocenters. The topological polar surface area (TPSA) is 66.9 Å². The first-order chi connectivity index (χ1) is 12.6. The number of benzene rings is 2. The normalized spacial score (nSPS) is 10.7. The molecule has 0 aliphatic heterocycles. The van der Waals surface area contributed by atoms with Gasteiger partial charge >= 0.3 is 0 Å². The highest BCUT2D eigenvalue weighted by Crippen LogP contribution is 2.24. The number of rotatable bonds is 6. The molecule has 3 aromatic rings. The lowest BCUT2D eigenvalue weighted by Crippen LogP contribution is -2.15. The molecule has 2 N–H and O–H groups in total. The number of hydrogen-bond donors (Lipinski definition) is 2. The van der Waals surface area contributed by atoms with E-state index in [9.17, 15) is 4.79 Å². The number of fused-ring (bicyclic) bond motifs is 1. The van der Waals surface area contributed by atoms with Crippen LogP contribution >= 0.6 is 11.8 Å². The lowest BCUT2D eigenvalue weighted by molar-refractivity contribution is -0.113. The number of nitrogens with one attached hydrogen (secondary N) is 2. The predicted octanol–water partition coefficient (Wildman–Crippen LogP) is 4.41. The van der Waals surface area contributed by atoms with Crippen molar-refractivity contribution < 1.29 is 4.79 Å². The van der Waals surface area contributed by atoms with Crippen molar-refractivity contribution in [2.45, 2.75) is 25.9 Å². The van der Waals surface area contributed by atoms with E-state index >= 15 is 0 Å². The molecule has 0 aliphatic rings. The summed E-state index contributed by atoms with van der Waals surface area (Å²) in [5.41, 5.74) is 3.89. The van der Waals surface area contributed by atoms with Gasteiger partial charge < -0.3 is 10.6 Å². The van der Waals surface area contributed by atoms with Crippen molar-refractivity contribution in [1.82, 2.24) is 9.97 Å². The monoisotopic (exact) mass is 366 g/mol. The van der Waals surface area contributed by atoms with Crippen LogP contribution in [-0.2, 0) is 4.79 Å². The molecule has 0 spiro atoms. The molecule has 0 bridgehead atoms. The highest BCUT2D eigenvalue weighted by molar-refractivity contribution is 7.99. The van der Waals surface area contributed by atoms with Crippen LogP contribution in [0.5, 0.6) is 0 Å². The third-order valence-electron chi connectivity index (χ3n) is 3.93. The van der Waals surface area contributed by atoms with Gasteiger partial charge in [-0.25, -0.2) is 9.97 Å². The predicted molar refractivity (Wildman–Crippen MR) is 109 cm³/mol. The van der Waals surface area contributed by atoms with Gasteiger partial charge in [0.05, 0.1) is 11.3 Å². The van der Waals surface area contributed by atoms with Gasteiger partial charge in [-0.1, -0.05) is 36.0 Å². The van der Waals surface area contributed by atoms with E-state index in [1.807, 2.05) is 63.2 Å². The van der Waals surface area contributed by atoms with Gasteiger partial charge in [0.25, 0.3) is 0 Å². The fourth-order valence-electron chi connectivity index (χ4n) is 2.61. The zero-order chi connectivity index (χ0) is 18.5. The molecule has 5 nitrogen and oxygen atoms in total. The SMILES string of the molecule is CCNc1nc(SCC(=O)Nc2cc(C)ccc2C)nc2ccccc12. The first-order valence-corrected chi connectivity index (χ1v) is 9.56. The standard InChI is InChI=1S/C20H22N4OS/c1-4-21-19-15-7-5-6-8-16(15)23-20(24-19)26-12-18(25)22-17-11-13(2)9-10-14(17)3/h5-11H,4,12H2,1-3H3,(H,22,25)(H,21,23,24). The first-order valence-electron chi connectivity index (χ1n) is 8.57. The first kappa shape index (κ1) is 18.2. The van der Waals surface area contributed by atoms with Crippen LogP contribution in [0.15, 0.2) is 47.6 Å². The van der Waals surface area contributed by atoms with E-state index in [1.54, 1.807) is 0 Å². The summed E-state index contributed by atoms with van der Waals surface area (Å²) in [6, 6.07) is 13.9. The van der Waals surface area contributed by atoms with Gasteiger partial charge in [-0.2, -0.15) is 0 Å². The Morgan fingerprint density at radius 3 is 2.73 bits per heavy atom. The maximum absolute atomic E-state index is 12.3. The van der Waals surface area contributed by atoms with Crippen LogP contribution in [0.2, 0.25) is 0 Å². The van der Waals surface area contributed by atoms with E-state index in [1.165, 1.54) is 11.8 Å². The number of carbonyl (C=O) groups is 1. The molecule has 134 valence electrons. The lowest BCUT2D eigenvalue weighted by Gasteiger charge is -2.10. The van der Waals surface area contributed by atoms with Crippen LogP contribution in [0.25, 0.3) is 10.9 Å². The van der Waals surface area contributed by atoms with E-state index in [0.29, 0.717) is 5.16 Å². The van der Waals surface area contributed by atoms with Crippen LogP contribution in [0.1, 0.15) is 18.1 Å².